The van der Waals surface area contributed by atoms with E-state index in [1.165, 1.54) is 0 Å². The summed E-state index contributed by atoms with van der Waals surface area (Å²) in [7, 11) is 0.697. The molecule has 0 aromatic heterocycles. The van der Waals surface area contributed by atoms with Crippen molar-refractivity contribution in [1.29, 1.82) is 0 Å². The van der Waals surface area contributed by atoms with Gasteiger partial charge in [-0.25, -0.2) is 4.79 Å². The average molecular weight is 338 g/mol. The molecule has 6 nitrogen and oxygen atoms in total. The van der Waals surface area contributed by atoms with Crippen molar-refractivity contribution in [2.45, 2.75) is 18.3 Å². The second-order valence-corrected chi connectivity index (χ2v) is 5.78. The van der Waals surface area contributed by atoms with Gasteiger partial charge in [-0.1, -0.05) is 48.5 Å². The van der Waals surface area contributed by atoms with Crippen LogP contribution in [0.3, 0.4) is 0 Å². The van der Waals surface area contributed by atoms with Gasteiger partial charge in [0.2, 0.25) is 0 Å². The van der Waals surface area contributed by atoms with Gasteiger partial charge in [0.25, 0.3) is 7.48 Å². The van der Waals surface area contributed by atoms with E-state index in [1.54, 1.807) is 0 Å². The molecule has 1 aliphatic rings. The topological polar surface area (TPSA) is 95.9 Å². The molecular weight excluding hydrogens is 321 g/mol. The molecule has 0 fully saturated rings. The van der Waals surface area contributed by atoms with Crippen LogP contribution in [0.25, 0.3) is 11.1 Å². The molecule has 1 atom stereocenters. The third-order valence-electron chi connectivity index (χ3n) is 4.27. The highest BCUT2D eigenvalue weighted by Gasteiger charge is 2.29. The lowest BCUT2D eigenvalue weighted by molar-refractivity contribution is -0.138. The van der Waals surface area contributed by atoms with Gasteiger partial charge >= 0.3 is 12.1 Å². The number of hydrogen-bond donors (Lipinski definition) is 3. The Balaban J connectivity index is 1.71. The van der Waals surface area contributed by atoms with Crippen molar-refractivity contribution in [3.63, 3.8) is 0 Å². The zero-order chi connectivity index (χ0) is 17.8. The first-order valence-corrected chi connectivity index (χ1v) is 7.92. The molecule has 3 N–H and O–H groups in total. The molecule has 0 bridgehead atoms. The molecule has 3 rings (SSSR count). The monoisotopic (exact) mass is 338 g/mol. The maximum Gasteiger partial charge on any atom is 0.407 e. The molecule has 1 radical (unpaired) electrons. The smallest absolute Gasteiger partial charge is 0.407 e. The lowest BCUT2D eigenvalue weighted by atomic mass is 9.90. The van der Waals surface area contributed by atoms with Crippen LogP contribution in [-0.2, 0) is 9.53 Å². The van der Waals surface area contributed by atoms with E-state index < -0.39 is 18.1 Å². The normalized spacial score (nSPS) is 13.5. The predicted molar refractivity (Wildman–Crippen MR) is 92.4 cm³/mol. The van der Waals surface area contributed by atoms with Crippen molar-refractivity contribution in [3.05, 3.63) is 59.7 Å². The summed E-state index contributed by atoms with van der Waals surface area (Å²) in [5.41, 5.74) is 4.39. The third kappa shape index (κ3) is 3.51. The number of hydrogen-bond acceptors (Lipinski definition) is 4. The van der Waals surface area contributed by atoms with Crippen molar-refractivity contribution in [3.8, 4) is 11.1 Å². The molecule has 127 valence electrons. The predicted octanol–water partition coefficient (Wildman–Crippen LogP) is 2.01. The molecule has 7 heteroatoms. The summed E-state index contributed by atoms with van der Waals surface area (Å²) in [5, 5.41) is 20.0. The number of carbonyl (C=O) groups excluding carboxylic acids is 1. The molecule has 2 aromatic rings. The van der Waals surface area contributed by atoms with E-state index in [9.17, 15) is 9.59 Å². The average Bonchev–Trinajstić information content (AvgIpc) is 2.93. The fraction of sp³-hybridized carbons (Fsp3) is 0.222. The Morgan fingerprint density at radius 3 is 2.16 bits per heavy atom. The maximum absolute atomic E-state index is 11.9. The summed E-state index contributed by atoms with van der Waals surface area (Å²) >= 11 is 0. The number of aliphatic carboxylic acids is 1. The van der Waals surface area contributed by atoms with Gasteiger partial charge in [0.1, 0.15) is 12.6 Å². The Morgan fingerprint density at radius 1 is 1.08 bits per heavy atom. The zero-order valence-corrected chi connectivity index (χ0v) is 13.4. The summed E-state index contributed by atoms with van der Waals surface area (Å²) < 4.78 is 5.26. The molecule has 25 heavy (non-hydrogen) atoms. The molecule has 0 saturated heterocycles. The SMILES string of the molecule is O=C(NC(C[B]O)C(=O)O)OCC1c2ccccc2-c2ccccc21. The van der Waals surface area contributed by atoms with E-state index in [0.717, 1.165) is 22.3 Å². The van der Waals surface area contributed by atoms with Crippen LogP contribution >= 0.6 is 0 Å². The molecule has 1 aliphatic carbocycles. The minimum atomic E-state index is -1.24. The second kappa shape index (κ2) is 7.40. The Kier molecular flexibility index (Phi) is 5.04. The first-order valence-electron chi connectivity index (χ1n) is 7.92. The Morgan fingerprint density at radius 2 is 1.64 bits per heavy atom. The van der Waals surface area contributed by atoms with E-state index >= 15 is 0 Å². The van der Waals surface area contributed by atoms with Gasteiger partial charge in [-0.05, 0) is 28.6 Å². The molecule has 1 amide bonds. The van der Waals surface area contributed by atoms with Crippen LogP contribution in [0.5, 0.6) is 0 Å². The molecule has 0 saturated carbocycles. The largest absolute Gasteiger partial charge is 0.480 e. The molecule has 0 aliphatic heterocycles. The van der Waals surface area contributed by atoms with E-state index in [0.29, 0.717) is 7.48 Å². The van der Waals surface area contributed by atoms with Crippen LogP contribution in [0.4, 0.5) is 4.79 Å². The van der Waals surface area contributed by atoms with E-state index in [1.807, 2.05) is 48.5 Å². The van der Waals surface area contributed by atoms with Gasteiger partial charge < -0.3 is 20.2 Å². The number of benzene rings is 2. The van der Waals surface area contributed by atoms with Crippen molar-refractivity contribution < 1.29 is 24.5 Å². The number of carbonyl (C=O) groups is 2. The Labute approximate surface area is 145 Å². The summed E-state index contributed by atoms with van der Waals surface area (Å²) in [4.78, 5) is 22.9. The lowest BCUT2D eigenvalue weighted by Crippen LogP contribution is -2.41. The highest BCUT2D eigenvalue weighted by molar-refractivity contribution is 6.26. The first kappa shape index (κ1) is 17.0. The number of amides is 1. The standard InChI is InChI=1S/C18H17BNO5/c21-17(22)16(9-19-24)20-18(23)25-10-15-13-7-3-1-5-11(13)12-6-2-4-8-14(12)15/h1-8,15-16,24H,9-10H2,(H,20,23)(H,21,22). The molecule has 1 unspecified atom stereocenters. The number of carboxylic acids is 1. The summed E-state index contributed by atoms with van der Waals surface area (Å²) in [5.74, 6) is -1.33. The van der Waals surface area contributed by atoms with Gasteiger partial charge in [-0.15, -0.1) is 0 Å². The molecule has 2 aromatic carbocycles. The Bertz CT molecular complexity index is 749. The molecule has 0 spiro atoms. The van der Waals surface area contributed by atoms with Crippen molar-refractivity contribution >= 4 is 19.5 Å². The number of nitrogens with one attached hydrogen (secondary N) is 1. The van der Waals surface area contributed by atoms with Gasteiger partial charge in [0, 0.05) is 5.92 Å². The van der Waals surface area contributed by atoms with Crippen molar-refractivity contribution in [2.75, 3.05) is 6.61 Å². The first-order chi connectivity index (χ1) is 12.1. The number of alkyl carbamates (subject to hydrolysis) is 1. The van der Waals surface area contributed by atoms with E-state index in [4.69, 9.17) is 14.9 Å². The maximum atomic E-state index is 11.9. The minimum Gasteiger partial charge on any atom is -0.480 e. The van der Waals surface area contributed by atoms with E-state index in [2.05, 4.69) is 5.32 Å². The van der Waals surface area contributed by atoms with E-state index in [-0.39, 0.29) is 18.8 Å². The van der Waals surface area contributed by atoms with Crippen LogP contribution in [0.1, 0.15) is 17.0 Å². The van der Waals surface area contributed by atoms with Gasteiger partial charge in [-0.3, -0.25) is 4.79 Å². The van der Waals surface area contributed by atoms with Crippen LogP contribution in [0.15, 0.2) is 48.5 Å². The number of carboxylic acid groups (broad SMARTS) is 1. The van der Waals surface area contributed by atoms with Crippen LogP contribution in [0.2, 0.25) is 6.32 Å². The van der Waals surface area contributed by atoms with Crippen LogP contribution < -0.4 is 5.32 Å². The fourth-order valence-electron chi connectivity index (χ4n) is 3.11. The van der Waals surface area contributed by atoms with Gasteiger partial charge in [0.15, 0.2) is 0 Å². The fourth-order valence-corrected chi connectivity index (χ4v) is 3.11. The number of fused-ring (bicyclic) bond motifs is 3. The van der Waals surface area contributed by atoms with Gasteiger partial charge in [0.05, 0.1) is 0 Å². The van der Waals surface area contributed by atoms with Crippen molar-refractivity contribution in [1.82, 2.24) is 5.32 Å². The number of ether oxygens (including phenoxy) is 1. The summed E-state index contributed by atoms with van der Waals surface area (Å²) in [6.07, 6.45) is -1.02. The van der Waals surface area contributed by atoms with Crippen LogP contribution in [0, 0.1) is 0 Å². The minimum absolute atomic E-state index is 0.0918. The molecular formula is C18H17BNO5. The Hall–Kier alpha value is -2.80. The van der Waals surface area contributed by atoms with Gasteiger partial charge in [-0.2, -0.15) is 0 Å². The summed E-state index contributed by atoms with van der Waals surface area (Å²) in [6, 6.07) is 14.7. The lowest BCUT2D eigenvalue weighted by Gasteiger charge is -2.16. The quantitative estimate of drug-likeness (QED) is 0.700. The third-order valence-corrected chi connectivity index (χ3v) is 4.27. The zero-order valence-electron chi connectivity index (χ0n) is 13.4. The van der Waals surface area contributed by atoms with Crippen molar-refractivity contribution in [2.24, 2.45) is 0 Å². The number of rotatable bonds is 6. The highest BCUT2D eigenvalue weighted by atomic mass is 16.5. The summed E-state index contributed by atoms with van der Waals surface area (Å²) in [6.45, 7) is 0.106. The highest BCUT2D eigenvalue weighted by Crippen LogP contribution is 2.44. The molecule has 0 heterocycles. The van der Waals surface area contributed by atoms with Crippen LogP contribution in [-0.4, -0.2) is 42.3 Å². The second-order valence-electron chi connectivity index (χ2n) is 5.78.